The summed E-state index contributed by atoms with van der Waals surface area (Å²) < 4.78 is 0. The molecule has 9 aromatic carbocycles. The van der Waals surface area contributed by atoms with Crippen molar-refractivity contribution in [3.8, 4) is 44.5 Å². The first kappa shape index (κ1) is 30.1. The van der Waals surface area contributed by atoms with Gasteiger partial charge in [-0.2, -0.15) is 0 Å². The van der Waals surface area contributed by atoms with Crippen LogP contribution in [0.3, 0.4) is 0 Å². The summed E-state index contributed by atoms with van der Waals surface area (Å²) in [5, 5.41) is 12.3. The first-order chi connectivity index (χ1) is 26.1. The van der Waals surface area contributed by atoms with E-state index >= 15 is 0 Å². The van der Waals surface area contributed by atoms with Gasteiger partial charge in [-0.05, 0) is 123 Å². The van der Waals surface area contributed by atoms with Crippen LogP contribution in [-0.2, 0) is 5.41 Å². The van der Waals surface area contributed by atoms with Crippen molar-refractivity contribution in [1.29, 1.82) is 0 Å². The summed E-state index contributed by atoms with van der Waals surface area (Å²) in [6.07, 6.45) is 3.96. The molecule has 0 saturated carbocycles. The second-order valence-electron chi connectivity index (χ2n) is 15.1. The molecule has 0 spiro atoms. The van der Waals surface area contributed by atoms with Crippen molar-refractivity contribution in [3.63, 3.8) is 0 Å². The Morgan fingerprint density at radius 1 is 0.358 bits per heavy atom. The fourth-order valence-electron chi connectivity index (χ4n) is 9.44. The van der Waals surface area contributed by atoms with Gasteiger partial charge in [-0.15, -0.1) is 0 Å². The first-order valence-corrected chi connectivity index (χ1v) is 18.5. The molecule has 0 atom stereocenters. The summed E-state index contributed by atoms with van der Waals surface area (Å²) in [6.45, 7) is 4.75. The molecule has 1 heterocycles. The van der Waals surface area contributed by atoms with Crippen LogP contribution in [0.5, 0.6) is 0 Å². The average molecular weight is 674 g/mol. The molecule has 248 valence electrons. The standard InChI is InChI=1S/C52H35N/c1-52(2)47-21-10-9-17-40(47)41-24-23-36(30-48(41)52)49-42-18-7-8-19-43(42)51(50-39-16-6-4-13-33(39)28-35-26-27-53-31-46(35)50)44-25-22-34(29-45(44)49)38-20-11-14-32-12-3-5-15-37(32)38/h3-31H,1-2H3. The van der Waals surface area contributed by atoms with Crippen molar-refractivity contribution in [2.75, 3.05) is 0 Å². The summed E-state index contributed by atoms with van der Waals surface area (Å²) in [5.41, 5.74) is 12.8. The van der Waals surface area contributed by atoms with Crippen LogP contribution in [-0.4, -0.2) is 4.98 Å². The maximum absolute atomic E-state index is 4.68. The Hall–Kier alpha value is -6.57. The van der Waals surface area contributed by atoms with Crippen LogP contribution in [0.2, 0.25) is 0 Å². The Morgan fingerprint density at radius 3 is 1.83 bits per heavy atom. The minimum atomic E-state index is -0.101. The molecule has 0 radical (unpaired) electrons. The predicted octanol–water partition coefficient (Wildman–Crippen LogP) is 14.2. The number of hydrogen-bond acceptors (Lipinski definition) is 1. The molecule has 0 fully saturated rings. The first-order valence-electron chi connectivity index (χ1n) is 18.5. The van der Waals surface area contributed by atoms with Crippen LogP contribution in [0.1, 0.15) is 25.0 Å². The zero-order valence-corrected chi connectivity index (χ0v) is 29.7. The highest BCUT2D eigenvalue weighted by Crippen LogP contribution is 2.52. The summed E-state index contributed by atoms with van der Waals surface area (Å²) in [7, 11) is 0. The van der Waals surface area contributed by atoms with E-state index in [0.29, 0.717) is 0 Å². The van der Waals surface area contributed by atoms with Gasteiger partial charge in [0.15, 0.2) is 0 Å². The fraction of sp³-hybridized carbons (Fsp3) is 0.0577. The van der Waals surface area contributed by atoms with Gasteiger partial charge in [0.05, 0.1) is 0 Å². The number of rotatable bonds is 3. The van der Waals surface area contributed by atoms with Crippen LogP contribution in [0.15, 0.2) is 176 Å². The van der Waals surface area contributed by atoms with Crippen molar-refractivity contribution in [2.24, 2.45) is 0 Å². The fourth-order valence-corrected chi connectivity index (χ4v) is 9.44. The van der Waals surface area contributed by atoms with E-state index in [0.717, 1.165) is 0 Å². The highest BCUT2D eigenvalue weighted by atomic mass is 14.6. The Morgan fingerprint density at radius 2 is 0.962 bits per heavy atom. The number of fused-ring (bicyclic) bond motifs is 8. The molecule has 1 aromatic heterocycles. The molecule has 53 heavy (non-hydrogen) atoms. The Balaban J connectivity index is 1.30. The monoisotopic (exact) mass is 673 g/mol. The number of hydrogen-bond donors (Lipinski definition) is 0. The molecule has 11 rings (SSSR count). The topological polar surface area (TPSA) is 12.9 Å². The van der Waals surface area contributed by atoms with Gasteiger partial charge in [-0.3, -0.25) is 4.98 Å². The number of aromatic nitrogens is 1. The predicted molar refractivity (Wildman–Crippen MR) is 226 cm³/mol. The Kier molecular flexibility index (Phi) is 6.37. The smallest absolute Gasteiger partial charge is 0.0352 e. The third kappa shape index (κ3) is 4.35. The minimum absolute atomic E-state index is 0.101. The molecule has 10 aromatic rings. The van der Waals surface area contributed by atoms with E-state index in [1.54, 1.807) is 0 Å². The van der Waals surface area contributed by atoms with Crippen LogP contribution in [0, 0.1) is 0 Å². The second-order valence-corrected chi connectivity index (χ2v) is 15.1. The lowest BCUT2D eigenvalue weighted by Gasteiger charge is -2.23. The molecule has 1 nitrogen and oxygen atoms in total. The molecule has 1 aliphatic rings. The Bertz CT molecular complexity index is 3090. The van der Waals surface area contributed by atoms with Crippen LogP contribution >= 0.6 is 0 Å². The van der Waals surface area contributed by atoms with E-state index in [4.69, 9.17) is 0 Å². The SMILES string of the molecule is CC1(C)c2ccccc2-c2ccc(-c3c4ccccc4c(-c4c5ccccc5cc5ccncc45)c4ccc(-c5cccc6ccccc56)cc34)cc21. The van der Waals surface area contributed by atoms with Gasteiger partial charge in [-0.1, -0.05) is 153 Å². The molecular weight excluding hydrogens is 639 g/mol. The maximum atomic E-state index is 4.68. The van der Waals surface area contributed by atoms with E-state index in [2.05, 4.69) is 189 Å². The molecule has 0 aliphatic heterocycles. The van der Waals surface area contributed by atoms with E-state index in [-0.39, 0.29) is 5.41 Å². The second kappa shape index (κ2) is 11.2. The zero-order valence-electron chi connectivity index (χ0n) is 29.7. The zero-order chi connectivity index (χ0) is 35.3. The normalized spacial score (nSPS) is 13.2. The third-order valence-corrected chi connectivity index (χ3v) is 11.9. The van der Waals surface area contributed by atoms with Gasteiger partial charge < -0.3 is 0 Å². The maximum Gasteiger partial charge on any atom is 0.0352 e. The summed E-state index contributed by atoms with van der Waals surface area (Å²) in [5.74, 6) is 0. The van der Waals surface area contributed by atoms with E-state index in [1.165, 1.54) is 109 Å². The van der Waals surface area contributed by atoms with Gasteiger partial charge in [0.2, 0.25) is 0 Å². The van der Waals surface area contributed by atoms with Crippen molar-refractivity contribution in [2.45, 2.75) is 19.3 Å². The molecule has 1 aliphatic carbocycles. The van der Waals surface area contributed by atoms with Crippen LogP contribution in [0.4, 0.5) is 0 Å². The molecule has 0 saturated heterocycles. The van der Waals surface area contributed by atoms with Gasteiger partial charge in [0.1, 0.15) is 0 Å². The quantitative estimate of drug-likeness (QED) is 0.170. The van der Waals surface area contributed by atoms with Crippen molar-refractivity contribution in [3.05, 3.63) is 187 Å². The van der Waals surface area contributed by atoms with Gasteiger partial charge in [-0.25, -0.2) is 0 Å². The molecule has 1 heteroatoms. The molecular formula is C52H35N. The number of pyridine rings is 1. The summed E-state index contributed by atoms with van der Waals surface area (Å²) in [6, 6.07) is 61.0. The largest absolute Gasteiger partial charge is 0.264 e. The number of nitrogens with zero attached hydrogens (tertiary/aromatic N) is 1. The van der Waals surface area contributed by atoms with Crippen LogP contribution in [0.25, 0.3) is 98.4 Å². The van der Waals surface area contributed by atoms with Crippen LogP contribution < -0.4 is 0 Å². The average Bonchev–Trinajstić information content (AvgIpc) is 3.44. The van der Waals surface area contributed by atoms with Gasteiger partial charge >= 0.3 is 0 Å². The highest BCUT2D eigenvalue weighted by Gasteiger charge is 2.35. The lowest BCUT2D eigenvalue weighted by molar-refractivity contribution is 0.660. The molecule has 0 amide bonds. The molecule has 0 N–H and O–H groups in total. The summed E-state index contributed by atoms with van der Waals surface area (Å²) >= 11 is 0. The summed E-state index contributed by atoms with van der Waals surface area (Å²) in [4.78, 5) is 4.68. The molecule has 0 bridgehead atoms. The lowest BCUT2D eigenvalue weighted by atomic mass is 9.79. The Labute approximate surface area is 308 Å². The van der Waals surface area contributed by atoms with Crippen molar-refractivity contribution >= 4 is 53.9 Å². The highest BCUT2D eigenvalue weighted by molar-refractivity contribution is 6.27. The third-order valence-electron chi connectivity index (χ3n) is 11.9. The van der Waals surface area contributed by atoms with E-state index < -0.39 is 0 Å². The van der Waals surface area contributed by atoms with Crippen molar-refractivity contribution < 1.29 is 0 Å². The van der Waals surface area contributed by atoms with Gasteiger partial charge in [0.25, 0.3) is 0 Å². The lowest BCUT2D eigenvalue weighted by Crippen LogP contribution is -2.14. The minimum Gasteiger partial charge on any atom is -0.264 e. The molecule has 0 unspecified atom stereocenters. The van der Waals surface area contributed by atoms with E-state index in [9.17, 15) is 0 Å². The van der Waals surface area contributed by atoms with Gasteiger partial charge in [0, 0.05) is 28.8 Å². The van der Waals surface area contributed by atoms with Crippen molar-refractivity contribution in [1.82, 2.24) is 4.98 Å². The van der Waals surface area contributed by atoms with E-state index in [1.807, 2.05) is 6.20 Å². The number of benzene rings is 9.